The molecule has 24 heavy (non-hydrogen) atoms. The van der Waals surface area contributed by atoms with E-state index in [1.54, 1.807) is 0 Å². The summed E-state index contributed by atoms with van der Waals surface area (Å²) in [7, 11) is 1.95. The van der Waals surface area contributed by atoms with Gasteiger partial charge in [0.2, 0.25) is 0 Å². The second-order valence-electron chi connectivity index (χ2n) is 6.73. The smallest absolute Gasteiger partial charge is 0.0775 e. The molecule has 1 aliphatic heterocycles. The normalized spacial score (nSPS) is 21.4. The third kappa shape index (κ3) is 6.20. The topological polar surface area (TPSA) is 143 Å². The Morgan fingerprint density at radius 2 is 1.75 bits per heavy atom. The van der Waals surface area contributed by atoms with Gasteiger partial charge >= 0.3 is 0 Å². The first-order valence-corrected chi connectivity index (χ1v) is 9.38. The van der Waals surface area contributed by atoms with Crippen LogP contribution >= 0.6 is 0 Å². The second kappa shape index (κ2) is 12.1. The first kappa shape index (κ1) is 21.7. The molecule has 0 aliphatic carbocycles. The molecular formula is C16H40N8. The molecule has 0 aromatic heterocycles. The van der Waals surface area contributed by atoms with Gasteiger partial charge in [0.25, 0.3) is 0 Å². The largest absolute Gasteiger partial charge is 0.330 e. The quantitative estimate of drug-likeness (QED) is 0.182. The van der Waals surface area contributed by atoms with Crippen LogP contribution in [0.4, 0.5) is 0 Å². The average molecular weight is 345 g/mol. The minimum absolute atomic E-state index is 0.0424. The van der Waals surface area contributed by atoms with E-state index in [9.17, 15) is 0 Å². The zero-order valence-electron chi connectivity index (χ0n) is 15.4. The van der Waals surface area contributed by atoms with Crippen LogP contribution in [-0.2, 0) is 0 Å². The molecule has 0 bridgehead atoms. The van der Waals surface area contributed by atoms with Gasteiger partial charge in [-0.3, -0.25) is 4.90 Å². The van der Waals surface area contributed by atoms with Crippen LogP contribution in [0.2, 0.25) is 0 Å². The zero-order valence-corrected chi connectivity index (χ0v) is 15.4. The summed E-state index contributed by atoms with van der Waals surface area (Å²) in [6.45, 7) is 6.84. The number of piperazine rings is 1. The Balaban J connectivity index is 2.95. The third-order valence-corrected chi connectivity index (χ3v) is 5.07. The van der Waals surface area contributed by atoms with Crippen molar-refractivity contribution in [3.05, 3.63) is 0 Å². The van der Waals surface area contributed by atoms with Gasteiger partial charge in [-0.05, 0) is 58.9 Å². The first-order valence-electron chi connectivity index (χ1n) is 9.38. The molecule has 11 N–H and O–H groups in total. The maximum atomic E-state index is 6.79. The molecule has 0 amide bonds. The van der Waals surface area contributed by atoms with Crippen LogP contribution in [0.5, 0.6) is 0 Å². The summed E-state index contributed by atoms with van der Waals surface area (Å²) in [5.41, 5.74) is 24.6. The maximum absolute atomic E-state index is 6.79. The van der Waals surface area contributed by atoms with E-state index in [2.05, 4.69) is 20.9 Å². The number of nitrogens with one attached hydrogen (secondary N) is 3. The van der Waals surface area contributed by atoms with Gasteiger partial charge in [0.05, 0.1) is 11.7 Å². The SMILES string of the molecule is CNCCC(N)C(CCCN)(NCCCN)C(N)N1CCNCC1. The average Bonchev–Trinajstić information content (AvgIpc) is 2.63. The molecular weight excluding hydrogens is 304 g/mol. The van der Waals surface area contributed by atoms with E-state index in [1.807, 2.05) is 7.05 Å². The molecule has 0 spiro atoms. The standard InChI is InChI=1S/C16H40N8/c1-21-9-4-14(19)16(5-2-6-17,23-8-3-7-18)15(20)24-12-10-22-11-13-24/h14-15,21-23H,2-13,17-20H2,1H3. The summed E-state index contributed by atoms with van der Waals surface area (Å²) in [4.78, 5) is 2.35. The van der Waals surface area contributed by atoms with Gasteiger partial charge < -0.3 is 38.9 Å². The Hall–Kier alpha value is -0.320. The van der Waals surface area contributed by atoms with Gasteiger partial charge in [-0.15, -0.1) is 0 Å². The van der Waals surface area contributed by atoms with Crippen LogP contribution in [0.15, 0.2) is 0 Å². The highest BCUT2D eigenvalue weighted by atomic mass is 15.3. The molecule has 1 rings (SSSR count). The Morgan fingerprint density at radius 1 is 1.08 bits per heavy atom. The molecule has 0 aromatic carbocycles. The monoisotopic (exact) mass is 344 g/mol. The molecule has 1 fully saturated rings. The maximum Gasteiger partial charge on any atom is 0.0775 e. The Bertz CT molecular complexity index is 310. The lowest BCUT2D eigenvalue weighted by Crippen LogP contribution is -2.73. The summed E-state index contributed by atoms with van der Waals surface area (Å²) in [5, 5.41) is 10.3. The lowest BCUT2D eigenvalue weighted by molar-refractivity contribution is 0.0592. The number of rotatable bonds is 13. The fraction of sp³-hybridized carbons (Fsp3) is 1.00. The van der Waals surface area contributed by atoms with E-state index in [4.69, 9.17) is 22.9 Å². The van der Waals surface area contributed by atoms with Crippen molar-refractivity contribution in [2.24, 2.45) is 22.9 Å². The Kier molecular flexibility index (Phi) is 11.0. The lowest BCUT2D eigenvalue weighted by atomic mass is 9.80. The minimum atomic E-state index is -0.345. The summed E-state index contributed by atoms with van der Waals surface area (Å²) in [6.07, 6.45) is 3.44. The highest BCUT2D eigenvalue weighted by Crippen LogP contribution is 2.25. The van der Waals surface area contributed by atoms with E-state index in [-0.39, 0.29) is 17.7 Å². The number of hydrogen-bond donors (Lipinski definition) is 7. The molecule has 3 unspecified atom stereocenters. The molecule has 1 saturated heterocycles. The van der Waals surface area contributed by atoms with Crippen molar-refractivity contribution in [3.8, 4) is 0 Å². The van der Waals surface area contributed by atoms with Crippen molar-refractivity contribution in [2.75, 3.05) is 59.4 Å². The van der Waals surface area contributed by atoms with Crippen LogP contribution in [0.3, 0.4) is 0 Å². The highest BCUT2D eigenvalue weighted by Gasteiger charge is 2.43. The van der Waals surface area contributed by atoms with Crippen LogP contribution < -0.4 is 38.9 Å². The Labute approximate surface area is 147 Å². The zero-order chi connectivity index (χ0) is 17.8. The molecule has 0 radical (unpaired) electrons. The minimum Gasteiger partial charge on any atom is -0.330 e. The van der Waals surface area contributed by atoms with Gasteiger partial charge in [-0.1, -0.05) is 0 Å². The first-order chi connectivity index (χ1) is 11.6. The van der Waals surface area contributed by atoms with Crippen LogP contribution in [0.25, 0.3) is 0 Å². The molecule has 1 heterocycles. The predicted octanol–water partition coefficient (Wildman–Crippen LogP) is -2.47. The van der Waals surface area contributed by atoms with Gasteiger partial charge in [0.1, 0.15) is 0 Å². The molecule has 3 atom stereocenters. The fourth-order valence-corrected chi connectivity index (χ4v) is 3.54. The fourth-order valence-electron chi connectivity index (χ4n) is 3.54. The molecule has 0 saturated carbocycles. The van der Waals surface area contributed by atoms with Crippen molar-refractivity contribution in [1.82, 2.24) is 20.9 Å². The van der Waals surface area contributed by atoms with E-state index >= 15 is 0 Å². The van der Waals surface area contributed by atoms with Crippen LogP contribution in [0, 0.1) is 0 Å². The van der Waals surface area contributed by atoms with Crippen molar-refractivity contribution < 1.29 is 0 Å². The molecule has 144 valence electrons. The van der Waals surface area contributed by atoms with Gasteiger partial charge in [0.15, 0.2) is 0 Å². The summed E-state index contributed by atoms with van der Waals surface area (Å²) in [5.74, 6) is 0. The predicted molar refractivity (Wildman–Crippen MR) is 102 cm³/mol. The van der Waals surface area contributed by atoms with E-state index in [0.29, 0.717) is 13.1 Å². The second-order valence-corrected chi connectivity index (χ2v) is 6.73. The molecule has 1 aliphatic rings. The number of nitrogens with zero attached hydrogens (tertiary/aromatic N) is 1. The highest BCUT2D eigenvalue weighted by molar-refractivity contribution is 5.05. The number of nitrogens with two attached hydrogens (primary N) is 4. The van der Waals surface area contributed by atoms with E-state index in [0.717, 1.165) is 65.0 Å². The van der Waals surface area contributed by atoms with Crippen molar-refractivity contribution in [2.45, 2.75) is 43.4 Å². The summed E-state index contributed by atoms with van der Waals surface area (Å²) in [6, 6.07) is -0.0424. The molecule has 8 heteroatoms. The van der Waals surface area contributed by atoms with Gasteiger partial charge in [-0.25, -0.2) is 0 Å². The lowest BCUT2D eigenvalue weighted by Gasteiger charge is -2.49. The molecule has 8 nitrogen and oxygen atoms in total. The van der Waals surface area contributed by atoms with E-state index in [1.165, 1.54) is 0 Å². The van der Waals surface area contributed by atoms with Gasteiger partial charge in [-0.2, -0.15) is 0 Å². The Morgan fingerprint density at radius 3 is 2.33 bits per heavy atom. The van der Waals surface area contributed by atoms with Gasteiger partial charge in [0, 0.05) is 32.2 Å². The third-order valence-electron chi connectivity index (χ3n) is 5.07. The van der Waals surface area contributed by atoms with E-state index < -0.39 is 0 Å². The van der Waals surface area contributed by atoms with Crippen molar-refractivity contribution in [1.29, 1.82) is 0 Å². The van der Waals surface area contributed by atoms with Crippen molar-refractivity contribution >= 4 is 0 Å². The summed E-state index contributed by atoms with van der Waals surface area (Å²) >= 11 is 0. The van der Waals surface area contributed by atoms with Crippen molar-refractivity contribution in [3.63, 3.8) is 0 Å². The van der Waals surface area contributed by atoms with Crippen LogP contribution in [-0.4, -0.2) is 82.1 Å². The number of hydrogen-bond acceptors (Lipinski definition) is 8. The van der Waals surface area contributed by atoms with Crippen LogP contribution in [0.1, 0.15) is 25.7 Å². The molecule has 0 aromatic rings. The summed E-state index contributed by atoms with van der Waals surface area (Å²) < 4.78 is 0.